The Labute approximate surface area is 138 Å². The summed E-state index contributed by atoms with van der Waals surface area (Å²) >= 11 is 0. The molecule has 0 saturated heterocycles. The van der Waals surface area contributed by atoms with Gasteiger partial charge < -0.3 is 4.74 Å². The maximum atomic E-state index is 11.4. The van der Waals surface area contributed by atoms with Gasteiger partial charge >= 0.3 is 5.97 Å². The lowest BCUT2D eigenvalue weighted by atomic mass is 10.1. The van der Waals surface area contributed by atoms with Crippen molar-refractivity contribution in [2.45, 2.75) is 97.8 Å². The van der Waals surface area contributed by atoms with E-state index in [-0.39, 0.29) is 5.97 Å². The fourth-order valence-electron chi connectivity index (χ4n) is 2.32. The van der Waals surface area contributed by atoms with Gasteiger partial charge in [-0.3, -0.25) is 4.79 Å². The van der Waals surface area contributed by atoms with E-state index in [1.54, 1.807) is 0 Å². The largest absolute Gasteiger partial charge is 0.465 e. The monoisotopic (exact) mass is 310 g/mol. The first-order chi connectivity index (χ1) is 10.7. The maximum absolute atomic E-state index is 11.4. The van der Waals surface area contributed by atoms with Crippen LogP contribution in [0.5, 0.6) is 0 Å². The zero-order chi connectivity index (χ0) is 16.5. The van der Waals surface area contributed by atoms with Gasteiger partial charge in [-0.05, 0) is 38.0 Å². The minimum absolute atomic E-state index is 0.0280. The van der Waals surface area contributed by atoms with Crippen LogP contribution in [0.15, 0.2) is 12.2 Å². The highest BCUT2D eigenvalue weighted by Crippen LogP contribution is 2.09. The number of ether oxygens (including phenoxy) is 1. The molecule has 0 aliphatic carbocycles. The number of unbranched alkanes of at least 4 members (excludes halogenated alkanes) is 9. The minimum Gasteiger partial charge on any atom is -0.465 e. The Hall–Kier alpha value is -0.790. The highest BCUT2D eigenvalue weighted by atomic mass is 16.5. The number of esters is 1. The summed E-state index contributed by atoms with van der Waals surface area (Å²) in [5.41, 5.74) is 0. The van der Waals surface area contributed by atoms with E-state index < -0.39 is 0 Å². The Morgan fingerprint density at radius 3 is 2.00 bits per heavy atom. The Bertz CT molecular complexity index is 269. The van der Waals surface area contributed by atoms with Crippen LogP contribution >= 0.6 is 0 Å². The number of carbonyl (C=O) groups is 1. The molecule has 130 valence electrons. The molecule has 0 atom stereocenters. The zero-order valence-electron chi connectivity index (χ0n) is 15.2. The molecule has 0 rings (SSSR count). The van der Waals surface area contributed by atoms with E-state index in [0.717, 1.165) is 12.8 Å². The molecule has 2 heteroatoms. The van der Waals surface area contributed by atoms with E-state index in [1.807, 2.05) is 0 Å². The van der Waals surface area contributed by atoms with Crippen molar-refractivity contribution in [2.75, 3.05) is 6.61 Å². The zero-order valence-corrected chi connectivity index (χ0v) is 15.2. The molecule has 0 radical (unpaired) electrons. The van der Waals surface area contributed by atoms with Gasteiger partial charge in [0, 0.05) is 6.42 Å². The lowest BCUT2D eigenvalue weighted by molar-refractivity contribution is -0.144. The topological polar surface area (TPSA) is 26.3 Å². The fraction of sp³-hybridized carbons (Fsp3) is 0.850. The van der Waals surface area contributed by atoms with Crippen LogP contribution < -0.4 is 0 Å². The van der Waals surface area contributed by atoms with Gasteiger partial charge in [0.2, 0.25) is 0 Å². The Kier molecular flexibility index (Phi) is 16.0. The van der Waals surface area contributed by atoms with Crippen molar-refractivity contribution in [2.24, 2.45) is 5.92 Å². The molecule has 0 unspecified atom stereocenters. The van der Waals surface area contributed by atoms with Gasteiger partial charge in [0.1, 0.15) is 0 Å². The molecule has 22 heavy (non-hydrogen) atoms. The van der Waals surface area contributed by atoms with E-state index in [1.165, 1.54) is 57.8 Å². The minimum atomic E-state index is -0.0280. The number of hydrogen-bond acceptors (Lipinski definition) is 2. The van der Waals surface area contributed by atoms with E-state index in [2.05, 4.69) is 32.9 Å². The molecule has 2 nitrogen and oxygen atoms in total. The molecule has 0 aromatic carbocycles. The predicted octanol–water partition coefficient (Wildman–Crippen LogP) is 6.44. The first-order valence-electron chi connectivity index (χ1n) is 9.47. The molecule has 0 heterocycles. The normalized spacial score (nSPS) is 11.5. The molecule has 0 bridgehead atoms. The van der Waals surface area contributed by atoms with E-state index >= 15 is 0 Å². The summed E-state index contributed by atoms with van der Waals surface area (Å²) in [6, 6.07) is 0. The Morgan fingerprint density at radius 1 is 0.864 bits per heavy atom. The summed E-state index contributed by atoms with van der Waals surface area (Å²) < 4.78 is 5.16. The summed E-state index contributed by atoms with van der Waals surface area (Å²) in [7, 11) is 0. The van der Waals surface area contributed by atoms with Crippen LogP contribution in [0.1, 0.15) is 97.8 Å². The second-order valence-electron chi connectivity index (χ2n) is 6.70. The Balaban J connectivity index is 3.20. The number of allylic oxidation sites excluding steroid dienone is 2. The van der Waals surface area contributed by atoms with Gasteiger partial charge in [-0.2, -0.15) is 0 Å². The van der Waals surface area contributed by atoms with Gasteiger partial charge in [-0.15, -0.1) is 0 Å². The first-order valence-corrected chi connectivity index (χ1v) is 9.47. The summed E-state index contributed by atoms with van der Waals surface area (Å²) in [6.45, 7) is 6.94. The highest BCUT2D eigenvalue weighted by molar-refractivity contribution is 5.69. The molecule has 0 amide bonds. The van der Waals surface area contributed by atoms with Crippen molar-refractivity contribution in [3.8, 4) is 0 Å². The molecular weight excluding hydrogens is 272 g/mol. The van der Waals surface area contributed by atoms with Crippen LogP contribution in [-0.2, 0) is 9.53 Å². The maximum Gasteiger partial charge on any atom is 0.305 e. The average molecular weight is 311 g/mol. The molecule has 0 aromatic heterocycles. The summed E-state index contributed by atoms with van der Waals surface area (Å²) in [5, 5.41) is 0. The quantitative estimate of drug-likeness (QED) is 0.197. The first kappa shape index (κ1) is 21.2. The van der Waals surface area contributed by atoms with Crippen molar-refractivity contribution in [1.29, 1.82) is 0 Å². The van der Waals surface area contributed by atoms with Crippen molar-refractivity contribution in [1.82, 2.24) is 0 Å². The third kappa shape index (κ3) is 17.3. The highest BCUT2D eigenvalue weighted by Gasteiger charge is 2.03. The average Bonchev–Trinajstić information content (AvgIpc) is 2.49. The van der Waals surface area contributed by atoms with Gasteiger partial charge in [-0.25, -0.2) is 0 Å². The van der Waals surface area contributed by atoms with Crippen LogP contribution in [0.3, 0.4) is 0 Å². The lowest BCUT2D eigenvalue weighted by Crippen LogP contribution is -2.09. The molecule has 0 aliphatic heterocycles. The van der Waals surface area contributed by atoms with Crippen LogP contribution in [0.25, 0.3) is 0 Å². The van der Waals surface area contributed by atoms with Crippen molar-refractivity contribution in [3.63, 3.8) is 0 Å². The fourth-order valence-corrected chi connectivity index (χ4v) is 2.32. The molecule has 0 aliphatic rings. The third-order valence-electron chi connectivity index (χ3n) is 3.72. The Morgan fingerprint density at radius 2 is 1.41 bits per heavy atom. The SMILES string of the molecule is CCCCCCC=CCCCCCCCC(=O)OCC(C)C. The van der Waals surface area contributed by atoms with Gasteiger partial charge in [-0.1, -0.05) is 71.4 Å². The van der Waals surface area contributed by atoms with Crippen LogP contribution in [-0.4, -0.2) is 12.6 Å². The number of rotatable bonds is 15. The van der Waals surface area contributed by atoms with Gasteiger partial charge in [0.15, 0.2) is 0 Å². The molecule has 0 saturated carbocycles. The van der Waals surface area contributed by atoms with E-state index in [0.29, 0.717) is 18.9 Å². The number of carbonyl (C=O) groups excluding carboxylic acids is 1. The van der Waals surface area contributed by atoms with Crippen molar-refractivity contribution < 1.29 is 9.53 Å². The van der Waals surface area contributed by atoms with Crippen LogP contribution in [0.2, 0.25) is 0 Å². The predicted molar refractivity (Wildman–Crippen MR) is 96.0 cm³/mol. The van der Waals surface area contributed by atoms with Crippen LogP contribution in [0.4, 0.5) is 0 Å². The molecule has 0 fully saturated rings. The van der Waals surface area contributed by atoms with Crippen molar-refractivity contribution >= 4 is 5.97 Å². The second kappa shape index (κ2) is 16.6. The van der Waals surface area contributed by atoms with Gasteiger partial charge in [0.25, 0.3) is 0 Å². The van der Waals surface area contributed by atoms with Crippen molar-refractivity contribution in [3.05, 3.63) is 12.2 Å². The summed E-state index contributed by atoms with van der Waals surface area (Å²) in [6.07, 6.45) is 19.1. The lowest BCUT2D eigenvalue weighted by Gasteiger charge is -2.06. The smallest absolute Gasteiger partial charge is 0.305 e. The van der Waals surface area contributed by atoms with E-state index in [9.17, 15) is 4.79 Å². The number of hydrogen-bond donors (Lipinski definition) is 0. The van der Waals surface area contributed by atoms with Crippen LogP contribution in [0, 0.1) is 5.92 Å². The molecular formula is C20H38O2. The third-order valence-corrected chi connectivity index (χ3v) is 3.72. The summed E-state index contributed by atoms with van der Waals surface area (Å²) in [4.78, 5) is 11.4. The van der Waals surface area contributed by atoms with Gasteiger partial charge in [0.05, 0.1) is 6.61 Å². The second-order valence-corrected chi connectivity index (χ2v) is 6.70. The molecule has 0 spiro atoms. The molecule has 0 N–H and O–H groups in total. The molecule has 0 aromatic rings. The standard InChI is InChI=1S/C20H38O2/c1-4-5-6-7-8-9-10-11-12-13-14-15-16-17-20(21)22-18-19(2)3/h9-10,19H,4-8,11-18H2,1-3H3. The van der Waals surface area contributed by atoms with E-state index in [4.69, 9.17) is 4.74 Å². The summed E-state index contributed by atoms with van der Waals surface area (Å²) in [5.74, 6) is 0.406.